The monoisotopic (exact) mass is 612 g/mol. The minimum absolute atomic E-state index is 0.0919. The first-order chi connectivity index (χ1) is 21.0. The van der Waals surface area contributed by atoms with Crippen molar-refractivity contribution in [1.29, 1.82) is 0 Å². The Balaban J connectivity index is 1.13. The van der Waals surface area contributed by atoms with E-state index in [1.165, 1.54) is 18.2 Å². The Kier molecular flexibility index (Phi) is 6.59. The number of ether oxygens (including phenoxy) is 1. The Morgan fingerprint density at radius 2 is 1.89 bits per heavy atom. The van der Waals surface area contributed by atoms with E-state index in [0.717, 1.165) is 43.1 Å². The maximum atomic E-state index is 13.8. The summed E-state index contributed by atoms with van der Waals surface area (Å²) in [5.41, 5.74) is 1.16. The summed E-state index contributed by atoms with van der Waals surface area (Å²) in [7, 11) is 0. The maximum absolute atomic E-state index is 13.8. The third-order valence-corrected chi connectivity index (χ3v) is 8.65. The molecule has 4 heterocycles. The van der Waals surface area contributed by atoms with Crippen LogP contribution in [0.25, 0.3) is 27.7 Å². The Morgan fingerprint density at radius 3 is 2.55 bits per heavy atom. The van der Waals surface area contributed by atoms with Crippen LogP contribution in [0.1, 0.15) is 65.5 Å². The molecule has 0 radical (unpaired) electrons. The molecule has 3 aromatic heterocycles. The topological polar surface area (TPSA) is 102 Å². The van der Waals surface area contributed by atoms with Crippen molar-refractivity contribution in [3.05, 3.63) is 71.4 Å². The molecule has 0 unspecified atom stereocenters. The summed E-state index contributed by atoms with van der Waals surface area (Å²) in [4.78, 5) is 21.3. The van der Waals surface area contributed by atoms with Gasteiger partial charge >= 0.3 is 18.8 Å². The van der Waals surface area contributed by atoms with Gasteiger partial charge in [-0.3, -0.25) is 4.98 Å². The standard InChI is InChI=1S/C31H25F5N4O4/c32-29(33)43-22-13-17-12-19(5-6-21(17)38-25(22)28(41)42)40-10-7-30(8-11-40)14-18(15-30)23-24(39-44-26(23)16-3-4-16)20-2-1-9-37-27(20)31(34,35)36/h1-2,5-6,9,12-14,16,29H,3-4,7-8,10-11,15H2,(H,41,42). The number of rotatable bonds is 7. The van der Waals surface area contributed by atoms with Gasteiger partial charge in [-0.2, -0.15) is 22.0 Å². The molecule has 44 heavy (non-hydrogen) atoms. The van der Waals surface area contributed by atoms with Crippen LogP contribution in [0.5, 0.6) is 5.75 Å². The molecule has 0 amide bonds. The molecule has 0 bridgehead atoms. The van der Waals surface area contributed by atoms with Crippen LogP contribution in [-0.2, 0) is 6.18 Å². The fraction of sp³-hybridized carbons (Fsp3) is 0.355. The summed E-state index contributed by atoms with van der Waals surface area (Å²) < 4.78 is 77.3. The molecule has 1 aromatic carbocycles. The fourth-order valence-electron chi connectivity index (χ4n) is 6.34. The Morgan fingerprint density at radius 1 is 1.14 bits per heavy atom. The molecule has 1 N–H and O–H groups in total. The molecule has 1 aliphatic heterocycles. The number of fused-ring (bicyclic) bond motifs is 1. The zero-order chi connectivity index (χ0) is 30.8. The van der Waals surface area contributed by atoms with Gasteiger partial charge in [-0.15, -0.1) is 0 Å². The highest BCUT2D eigenvalue weighted by atomic mass is 19.4. The molecular formula is C31H25F5N4O4. The van der Waals surface area contributed by atoms with E-state index >= 15 is 0 Å². The van der Waals surface area contributed by atoms with Gasteiger partial charge in [-0.1, -0.05) is 11.2 Å². The minimum atomic E-state index is -4.64. The van der Waals surface area contributed by atoms with Crippen LogP contribution in [0.15, 0.2) is 53.2 Å². The van der Waals surface area contributed by atoms with Gasteiger partial charge in [-0.25, -0.2) is 9.78 Å². The van der Waals surface area contributed by atoms with E-state index in [2.05, 4.69) is 30.8 Å². The third kappa shape index (κ3) is 5.03. The van der Waals surface area contributed by atoms with Gasteiger partial charge in [0.15, 0.2) is 17.1 Å². The lowest BCUT2D eigenvalue weighted by Gasteiger charge is -2.47. The van der Waals surface area contributed by atoms with E-state index in [1.807, 2.05) is 6.07 Å². The molecule has 13 heteroatoms. The fourth-order valence-corrected chi connectivity index (χ4v) is 6.34. The van der Waals surface area contributed by atoms with E-state index in [4.69, 9.17) is 4.52 Å². The number of carboxylic acid groups (broad SMARTS) is 1. The van der Waals surface area contributed by atoms with Gasteiger partial charge in [-0.05, 0) is 79.5 Å². The van der Waals surface area contributed by atoms with Crippen molar-refractivity contribution in [3.63, 3.8) is 0 Å². The number of hydrogen-bond donors (Lipinski definition) is 1. The minimum Gasteiger partial charge on any atom is -0.476 e. The highest BCUT2D eigenvalue weighted by Gasteiger charge is 2.45. The van der Waals surface area contributed by atoms with Gasteiger partial charge in [0.25, 0.3) is 0 Å². The van der Waals surface area contributed by atoms with Crippen molar-refractivity contribution < 1.29 is 41.1 Å². The molecule has 1 saturated heterocycles. The predicted molar refractivity (Wildman–Crippen MR) is 149 cm³/mol. The first kappa shape index (κ1) is 28.2. The third-order valence-electron chi connectivity index (χ3n) is 8.65. The van der Waals surface area contributed by atoms with Gasteiger partial charge in [0.2, 0.25) is 0 Å². The molecule has 2 aliphatic carbocycles. The van der Waals surface area contributed by atoms with Crippen LogP contribution in [0.3, 0.4) is 0 Å². The quantitative estimate of drug-likeness (QED) is 0.214. The molecule has 1 saturated carbocycles. The SMILES string of the molecule is O=C(O)c1nc2ccc(N3CCC4(C=C(c5c(-c6cccnc6C(F)(F)F)noc5C5CC5)C4)CC3)cc2cc1OC(F)F. The Labute approximate surface area is 247 Å². The van der Waals surface area contributed by atoms with Gasteiger partial charge in [0.05, 0.1) is 5.52 Å². The summed E-state index contributed by atoms with van der Waals surface area (Å²) >= 11 is 0. The van der Waals surface area contributed by atoms with Gasteiger partial charge in [0, 0.05) is 47.4 Å². The number of alkyl halides is 5. The van der Waals surface area contributed by atoms with Gasteiger partial charge < -0.3 is 19.3 Å². The zero-order valence-corrected chi connectivity index (χ0v) is 23.1. The van der Waals surface area contributed by atoms with Gasteiger partial charge in [0.1, 0.15) is 11.5 Å². The number of hydrogen-bond acceptors (Lipinski definition) is 7. The highest BCUT2D eigenvalue weighted by molar-refractivity contribution is 5.94. The second kappa shape index (κ2) is 10.3. The number of halogens is 5. The highest BCUT2D eigenvalue weighted by Crippen LogP contribution is 2.56. The Bertz CT molecular complexity index is 1810. The molecule has 3 aliphatic rings. The number of carbonyl (C=O) groups is 1. The van der Waals surface area contributed by atoms with Crippen LogP contribution < -0.4 is 9.64 Å². The predicted octanol–water partition coefficient (Wildman–Crippen LogP) is 7.55. The second-order valence-electron chi connectivity index (χ2n) is 11.5. The van der Waals surface area contributed by atoms with E-state index in [0.29, 0.717) is 41.7 Å². The maximum Gasteiger partial charge on any atom is 0.434 e. The summed E-state index contributed by atoms with van der Waals surface area (Å²) in [6.45, 7) is -1.83. The number of carboxylic acids is 1. The van der Waals surface area contributed by atoms with Crippen LogP contribution >= 0.6 is 0 Å². The van der Waals surface area contributed by atoms with Crippen molar-refractivity contribution in [2.75, 3.05) is 18.0 Å². The van der Waals surface area contributed by atoms with Crippen LogP contribution in [0, 0.1) is 5.41 Å². The normalized spacial score (nSPS) is 18.0. The molecule has 1 spiro atoms. The number of benzene rings is 1. The first-order valence-corrected chi connectivity index (χ1v) is 14.1. The number of pyridine rings is 2. The average Bonchev–Trinajstić information content (AvgIpc) is 3.72. The first-order valence-electron chi connectivity index (χ1n) is 14.1. The van der Waals surface area contributed by atoms with Crippen LogP contribution in [0.2, 0.25) is 0 Å². The number of allylic oxidation sites excluding steroid dienone is 2. The molecule has 8 nitrogen and oxygen atoms in total. The lowest BCUT2D eigenvalue weighted by Crippen LogP contribution is -2.42. The second-order valence-corrected chi connectivity index (χ2v) is 11.5. The number of piperidine rings is 1. The van der Waals surface area contributed by atoms with E-state index < -0.39 is 35.9 Å². The lowest BCUT2D eigenvalue weighted by molar-refractivity contribution is -0.140. The summed E-state index contributed by atoms with van der Waals surface area (Å²) in [5, 5.41) is 13.9. The van der Waals surface area contributed by atoms with Crippen molar-refractivity contribution in [2.24, 2.45) is 5.41 Å². The lowest BCUT2D eigenvalue weighted by atomic mass is 9.63. The zero-order valence-electron chi connectivity index (χ0n) is 23.1. The number of anilines is 1. The number of nitrogens with zero attached hydrogens (tertiary/aromatic N) is 4. The smallest absolute Gasteiger partial charge is 0.434 e. The number of aromatic carboxylic acids is 1. The van der Waals surface area contributed by atoms with Crippen molar-refractivity contribution in [3.8, 4) is 17.0 Å². The molecular weight excluding hydrogens is 587 g/mol. The Hall–Kier alpha value is -4.55. The van der Waals surface area contributed by atoms with E-state index in [9.17, 15) is 31.9 Å². The van der Waals surface area contributed by atoms with E-state index in [1.54, 1.807) is 12.1 Å². The van der Waals surface area contributed by atoms with Crippen molar-refractivity contribution in [2.45, 2.75) is 50.8 Å². The van der Waals surface area contributed by atoms with Crippen LogP contribution in [0.4, 0.5) is 27.6 Å². The number of aromatic nitrogens is 3. The molecule has 0 atom stereocenters. The van der Waals surface area contributed by atoms with Crippen LogP contribution in [-0.4, -0.2) is 45.9 Å². The summed E-state index contributed by atoms with van der Waals surface area (Å²) in [6, 6.07) is 9.33. The molecule has 7 rings (SSSR count). The average molecular weight is 613 g/mol. The summed E-state index contributed by atoms with van der Waals surface area (Å²) in [6.07, 6.45) is 2.73. The molecule has 4 aromatic rings. The largest absolute Gasteiger partial charge is 0.476 e. The summed E-state index contributed by atoms with van der Waals surface area (Å²) in [5.74, 6) is -1.18. The van der Waals surface area contributed by atoms with E-state index in [-0.39, 0.29) is 22.6 Å². The molecule has 2 fully saturated rings. The van der Waals surface area contributed by atoms with Crippen molar-refractivity contribution >= 4 is 28.1 Å². The van der Waals surface area contributed by atoms with Crippen molar-refractivity contribution in [1.82, 2.24) is 15.1 Å². The molecule has 228 valence electrons.